The highest BCUT2D eigenvalue weighted by molar-refractivity contribution is 8.16. The molecular formula is C23H27N3O3S. The Morgan fingerprint density at radius 1 is 1.37 bits per heavy atom. The number of amides is 1. The van der Waals surface area contributed by atoms with Crippen LogP contribution in [0, 0.1) is 6.92 Å². The van der Waals surface area contributed by atoms with Crippen molar-refractivity contribution in [3.8, 4) is 0 Å². The molecule has 0 N–H and O–H groups in total. The number of ether oxygens (including phenoxy) is 1. The molecule has 3 rings (SSSR count). The summed E-state index contributed by atoms with van der Waals surface area (Å²) in [5.41, 5.74) is 3.98. The number of fused-ring (bicyclic) bond motifs is 1. The maximum atomic E-state index is 13.0. The van der Waals surface area contributed by atoms with Crippen molar-refractivity contribution in [2.24, 2.45) is 4.99 Å². The van der Waals surface area contributed by atoms with Gasteiger partial charge in [0.15, 0.2) is 5.17 Å². The van der Waals surface area contributed by atoms with Gasteiger partial charge >= 0.3 is 5.97 Å². The van der Waals surface area contributed by atoms with Crippen LogP contribution in [0.1, 0.15) is 37.4 Å². The van der Waals surface area contributed by atoms with Gasteiger partial charge in [-0.3, -0.25) is 4.79 Å². The Labute approximate surface area is 182 Å². The summed E-state index contributed by atoms with van der Waals surface area (Å²) in [6.07, 6.45) is 1.79. The van der Waals surface area contributed by atoms with Crippen LogP contribution in [-0.2, 0) is 14.3 Å². The van der Waals surface area contributed by atoms with Gasteiger partial charge in [-0.05, 0) is 31.7 Å². The Hall–Kier alpha value is -2.80. The van der Waals surface area contributed by atoms with Crippen molar-refractivity contribution in [3.63, 3.8) is 0 Å². The Morgan fingerprint density at radius 3 is 2.80 bits per heavy atom. The van der Waals surface area contributed by atoms with Gasteiger partial charge in [0.2, 0.25) is 5.91 Å². The maximum absolute atomic E-state index is 13.0. The molecule has 1 aromatic rings. The third kappa shape index (κ3) is 4.36. The van der Waals surface area contributed by atoms with Gasteiger partial charge < -0.3 is 14.5 Å². The Bertz CT molecular complexity index is 964. The Balaban J connectivity index is 2.05. The van der Waals surface area contributed by atoms with E-state index in [4.69, 9.17) is 4.74 Å². The minimum atomic E-state index is -0.421. The summed E-state index contributed by atoms with van der Waals surface area (Å²) in [4.78, 5) is 33.9. The van der Waals surface area contributed by atoms with Gasteiger partial charge in [-0.25, -0.2) is 9.79 Å². The zero-order valence-electron chi connectivity index (χ0n) is 17.8. The largest absolute Gasteiger partial charge is 0.458 e. The maximum Gasteiger partial charge on any atom is 0.338 e. The van der Waals surface area contributed by atoms with Gasteiger partial charge in [0.25, 0.3) is 0 Å². The van der Waals surface area contributed by atoms with Crippen LogP contribution >= 0.6 is 11.8 Å². The number of allylic oxidation sites excluding steroid dienone is 1. The average molecular weight is 426 g/mol. The van der Waals surface area contributed by atoms with Crippen molar-refractivity contribution in [2.75, 3.05) is 20.2 Å². The van der Waals surface area contributed by atoms with E-state index in [0.717, 1.165) is 22.0 Å². The van der Waals surface area contributed by atoms with E-state index in [1.165, 1.54) is 11.8 Å². The molecule has 30 heavy (non-hydrogen) atoms. The van der Waals surface area contributed by atoms with Crippen molar-refractivity contribution in [1.82, 2.24) is 9.80 Å². The van der Waals surface area contributed by atoms with Crippen LogP contribution in [-0.4, -0.2) is 47.0 Å². The molecule has 1 unspecified atom stereocenters. The third-order valence-electron chi connectivity index (χ3n) is 5.14. The van der Waals surface area contributed by atoms with E-state index >= 15 is 0 Å². The van der Waals surface area contributed by atoms with Crippen LogP contribution in [0.25, 0.3) is 0 Å². The van der Waals surface area contributed by atoms with Crippen molar-refractivity contribution >= 4 is 28.8 Å². The molecule has 0 radical (unpaired) electrons. The summed E-state index contributed by atoms with van der Waals surface area (Å²) in [5, 5.41) is 2.72. The number of amidine groups is 1. The molecule has 0 saturated heterocycles. The van der Waals surface area contributed by atoms with Gasteiger partial charge in [-0.15, -0.1) is 0 Å². The molecule has 1 amide bonds. The number of aliphatic imine (C=N–C) groups is 1. The molecule has 1 atom stereocenters. The monoisotopic (exact) mass is 425 g/mol. The smallest absolute Gasteiger partial charge is 0.338 e. The third-order valence-corrected chi connectivity index (χ3v) is 6.03. The summed E-state index contributed by atoms with van der Waals surface area (Å²) >= 11 is 1.47. The normalized spacial score (nSPS) is 17.9. The minimum Gasteiger partial charge on any atom is -0.458 e. The van der Waals surface area contributed by atoms with Gasteiger partial charge in [-0.2, -0.15) is 0 Å². The molecule has 1 aromatic carbocycles. The highest BCUT2D eigenvalue weighted by atomic mass is 32.2. The molecule has 0 bridgehead atoms. The lowest BCUT2D eigenvalue weighted by atomic mass is 9.93. The highest BCUT2D eigenvalue weighted by Gasteiger charge is 2.41. The van der Waals surface area contributed by atoms with E-state index in [1.807, 2.05) is 49.3 Å². The van der Waals surface area contributed by atoms with Crippen molar-refractivity contribution in [3.05, 3.63) is 70.4 Å². The van der Waals surface area contributed by atoms with Crippen LogP contribution in [0.4, 0.5) is 0 Å². The topological polar surface area (TPSA) is 62.2 Å². The number of aryl methyl sites for hydroxylation is 1. The van der Waals surface area contributed by atoms with Crippen LogP contribution < -0.4 is 0 Å². The van der Waals surface area contributed by atoms with Crippen molar-refractivity contribution in [1.29, 1.82) is 0 Å². The lowest BCUT2D eigenvalue weighted by Crippen LogP contribution is -2.38. The summed E-state index contributed by atoms with van der Waals surface area (Å²) in [6, 6.07) is 7.64. The van der Waals surface area contributed by atoms with E-state index in [0.29, 0.717) is 17.8 Å². The molecular weight excluding hydrogens is 398 g/mol. The zero-order chi connectivity index (χ0) is 21.8. The number of rotatable bonds is 7. The van der Waals surface area contributed by atoms with Gasteiger partial charge in [-0.1, -0.05) is 54.2 Å². The van der Waals surface area contributed by atoms with E-state index < -0.39 is 12.0 Å². The Morgan fingerprint density at radius 2 is 2.13 bits per heavy atom. The molecule has 6 nitrogen and oxygen atoms in total. The first kappa shape index (κ1) is 21.9. The molecule has 2 aliphatic rings. The van der Waals surface area contributed by atoms with Crippen LogP contribution in [0.5, 0.6) is 0 Å². The summed E-state index contributed by atoms with van der Waals surface area (Å²) < 4.78 is 5.39. The van der Waals surface area contributed by atoms with Gasteiger partial charge in [0.1, 0.15) is 6.61 Å². The van der Waals surface area contributed by atoms with Gasteiger partial charge in [0, 0.05) is 19.3 Å². The van der Waals surface area contributed by atoms with E-state index in [2.05, 4.69) is 17.6 Å². The molecule has 2 heterocycles. The number of hydrogen-bond donors (Lipinski definition) is 0. The van der Waals surface area contributed by atoms with E-state index in [1.54, 1.807) is 18.0 Å². The van der Waals surface area contributed by atoms with E-state index in [9.17, 15) is 9.59 Å². The lowest BCUT2D eigenvalue weighted by Gasteiger charge is -2.36. The number of thioether (sulfide) groups is 1. The molecule has 7 heteroatoms. The molecule has 0 aromatic heterocycles. The first-order valence-corrected chi connectivity index (χ1v) is 10.8. The second-order valence-electron chi connectivity index (χ2n) is 7.28. The number of esters is 1. The number of benzene rings is 1. The fourth-order valence-corrected chi connectivity index (χ4v) is 4.43. The molecule has 2 aliphatic heterocycles. The second-order valence-corrected chi connectivity index (χ2v) is 8.12. The fraction of sp³-hybridized carbons (Fsp3) is 0.348. The molecule has 0 aliphatic carbocycles. The second kappa shape index (κ2) is 9.34. The average Bonchev–Trinajstić information content (AvgIpc) is 3.12. The van der Waals surface area contributed by atoms with Gasteiger partial charge in [0.05, 0.1) is 23.7 Å². The highest BCUT2D eigenvalue weighted by Crippen LogP contribution is 2.45. The number of carbonyl (C=O) groups is 2. The van der Waals surface area contributed by atoms with Crippen LogP contribution in [0.3, 0.4) is 0 Å². The van der Waals surface area contributed by atoms with Crippen molar-refractivity contribution < 1.29 is 14.3 Å². The Kier molecular flexibility index (Phi) is 6.82. The fourth-order valence-electron chi connectivity index (χ4n) is 3.46. The predicted molar refractivity (Wildman–Crippen MR) is 121 cm³/mol. The molecule has 158 valence electrons. The van der Waals surface area contributed by atoms with Crippen molar-refractivity contribution in [2.45, 2.75) is 33.2 Å². The van der Waals surface area contributed by atoms with E-state index in [-0.39, 0.29) is 18.9 Å². The zero-order valence-corrected chi connectivity index (χ0v) is 18.7. The predicted octanol–water partition coefficient (Wildman–Crippen LogP) is 4.17. The number of nitrogens with zero attached hydrogens (tertiary/aromatic N) is 3. The molecule has 0 fully saturated rings. The standard InChI is InChI=1S/C23H27N3O3S/c1-6-11-29-22(28)20-16(4)24-23-26(21(20)17-10-8-9-15(3)12-17)18(14-30-23)13-19(27)25(5)7-2/h6,8-10,12,14,21H,1,7,11,13H2,2-5H3. The summed E-state index contributed by atoms with van der Waals surface area (Å²) in [7, 11) is 1.79. The number of hydrogen-bond acceptors (Lipinski definition) is 6. The number of carbonyl (C=O) groups excluding carboxylic acids is 2. The van der Waals surface area contributed by atoms with Crippen LogP contribution in [0.15, 0.2) is 64.3 Å². The van der Waals surface area contributed by atoms with Crippen LogP contribution in [0.2, 0.25) is 0 Å². The summed E-state index contributed by atoms with van der Waals surface area (Å²) in [5.74, 6) is -0.398. The first-order chi connectivity index (χ1) is 14.4. The summed E-state index contributed by atoms with van der Waals surface area (Å²) in [6.45, 7) is 10.2. The molecule has 0 saturated carbocycles. The quantitative estimate of drug-likeness (QED) is 0.485. The lowest BCUT2D eigenvalue weighted by molar-refractivity contribution is -0.138. The SMILES string of the molecule is C=CCOC(=O)C1=C(C)N=C2SC=C(CC(=O)N(C)CC)N2C1c1cccc(C)c1. The molecule has 0 spiro atoms. The minimum absolute atomic E-state index is 0.0238. The first-order valence-electron chi connectivity index (χ1n) is 9.90.